The molecule has 1 fully saturated rings. The van der Waals surface area contributed by atoms with Gasteiger partial charge in [-0.25, -0.2) is 9.97 Å². The maximum atomic E-state index is 4.32. The van der Waals surface area contributed by atoms with Crippen LogP contribution in [0.3, 0.4) is 0 Å². The normalized spacial score (nSPS) is 20.5. The lowest BCUT2D eigenvalue weighted by Gasteiger charge is -2.23. The number of hydrogen-bond acceptors (Lipinski definition) is 4. The summed E-state index contributed by atoms with van der Waals surface area (Å²) in [5, 5.41) is 6.69. The fourth-order valence-electron chi connectivity index (χ4n) is 1.68. The van der Waals surface area contributed by atoms with Crippen LogP contribution in [0.4, 0.5) is 5.95 Å². The zero-order valence-corrected chi connectivity index (χ0v) is 9.68. The molecule has 0 spiro atoms. The van der Waals surface area contributed by atoms with E-state index < -0.39 is 0 Å². The summed E-state index contributed by atoms with van der Waals surface area (Å²) in [4.78, 5) is 8.50. The predicted molar refractivity (Wildman–Crippen MR) is 63.5 cm³/mol. The fraction of sp³-hybridized carbons (Fsp3) is 0.600. The molecular formula is C10H17ClN4. The van der Waals surface area contributed by atoms with Gasteiger partial charge in [-0.15, -0.1) is 12.4 Å². The zero-order valence-electron chi connectivity index (χ0n) is 8.86. The Kier molecular flexibility index (Phi) is 4.78. The number of nitrogens with zero attached hydrogens (tertiary/aromatic N) is 2. The second-order valence-electron chi connectivity index (χ2n) is 3.71. The first-order valence-corrected chi connectivity index (χ1v) is 5.11. The van der Waals surface area contributed by atoms with Gasteiger partial charge in [-0.3, -0.25) is 0 Å². The van der Waals surface area contributed by atoms with Gasteiger partial charge in [-0.1, -0.05) is 0 Å². The minimum atomic E-state index is 0. The van der Waals surface area contributed by atoms with E-state index in [4.69, 9.17) is 0 Å². The Labute approximate surface area is 96.3 Å². The molecule has 0 radical (unpaired) electrons. The molecule has 1 aromatic heterocycles. The molecule has 2 heterocycles. The SMILES string of the molecule is Cc1ccnc(NC2CCCNC2)n1.Cl. The van der Waals surface area contributed by atoms with E-state index in [9.17, 15) is 0 Å². The Morgan fingerprint density at radius 3 is 3.07 bits per heavy atom. The third-order valence-corrected chi connectivity index (χ3v) is 2.42. The number of aromatic nitrogens is 2. The average molecular weight is 229 g/mol. The van der Waals surface area contributed by atoms with Gasteiger partial charge in [-0.05, 0) is 32.4 Å². The summed E-state index contributed by atoms with van der Waals surface area (Å²) >= 11 is 0. The van der Waals surface area contributed by atoms with Crippen LogP contribution in [-0.4, -0.2) is 29.1 Å². The summed E-state index contributed by atoms with van der Waals surface area (Å²) in [5.41, 5.74) is 1.01. The number of rotatable bonds is 2. The summed E-state index contributed by atoms with van der Waals surface area (Å²) in [7, 11) is 0. The lowest BCUT2D eigenvalue weighted by molar-refractivity contribution is 0.478. The maximum Gasteiger partial charge on any atom is 0.223 e. The maximum absolute atomic E-state index is 4.32. The Bertz CT molecular complexity index is 299. The average Bonchev–Trinajstić information content (AvgIpc) is 2.19. The minimum Gasteiger partial charge on any atom is -0.350 e. The van der Waals surface area contributed by atoms with Crippen molar-refractivity contribution in [3.63, 3.8) is 0 Å². The molecule has 0 saturated carbocycles. The number of nitrogens with one attached hydrogen (secondary N) is 2. The topological polar surface area (TPSA) is 49.8 Å². The quantitative estimate of drug-likeness (QED) is 0.803. The molecular weight excluding hydrogens is 212 g/mol. The van der Waals surface area contributed by atoms with Gasteiger partial charge in [0, 0.05) is 24.5 Å². The van der Waals surface area contributed by atoms with E-state index >= 15 is 0 Å². The molecule has 1 atom stereocenters. The second-order valence-corrected chi connectivity index (χ2v) is 3.71. The van der Waals surface area contributed by atoms with Gasteiger partial charge in [0.05, 0.1) is 0 Å². The molecule has 4 nitrogen and oxygen atoms in total. The van der Waals surface area contributed by atoms with Crippen LogP contribution in [0.1, 0.15) is 18.5 Å². The number of hydrogen-bond donors (Lipinski definition) is 2. The molecule has 1 aromatic rings. The Morgan fingerprint density at radius 2 is 2.40 bits per heavy atom. The summed E-state index contributed by atoms with van der Waals surface area (Å²) in [6, 6.07) is 2.38. The second kappa shape index (κ2) is 5.88. The highest BCUT2D eigenvalue weighted by molar-refractivity contribution is 5.85. The molecule has 84 valence electrons. The van der Waals surface area contributed by atoms with Crippen LogP contribution in [0.2, 0.25) is 0 Å². The fourth-order valence-corrected chi connectivity index (χ4v) is 1.68. The number of anilines is 1. The monoisotopic (exact) mass is 228 g/mol. The van der Waals surface area contributed by atoms with Crippen molar-refractivity contribution in [1.29, 1.82) is 0 Å². The molecule has 2 rings (SSSR count). The molecule has 1 aliphatic heterocycles. The van der Waals surface area contributed by atoms with Crippen LogP contribution in [0, 0.1) is 6.92 Å². The first-order valence-electron chi connectivity index (χ1n) is 5.11. The highest BCUT2D eigenvalue weighted by atomic mass is 35.5. The molecule has 5 heteroatoms. The lowest BCUT2D eigenvalue weighted by Crippen LogP contribution is -2.38. The van der Waals surface area contributed by atoms with E-state index in [2.05, 4.69) is 20.6 Å². The number of aryl methyl sites for hydroxylation is 1. The van der Waals surface area contributed by atoms with Crippen molar-refractivity contribution in [2.24, 2.45) is 0 Å². The molecule has 0 aromatic carbocycles. The van der Waals surface area contributed by atoms with E-state index in [-0.39, 0.29) is 12.4 Å². The van der Waals surface area contributed by atoms with Crippen molar-refractivity contribution < 1.29 is 0 Å². The van der Waals surface area contributed by atoms with Crippen molar-refractivity contribution in [2.45, 2.75) is 25.8 Å². The van der Waals surface area contributed by atoms with Gasteiger partial charge in [0.1, 0.15) is 0 Å². The van der Waals surface area contributed by atoms with E-state index in [0.717, 1.165) is 24.7 Å². The third-order valence-electron chi connectivity index (χ3n) is 2.42. The Balaban J connectivity index is 0.00000112. The highest BCUT2D eigenvalue weighted by Crippen LogP contribution is 2.07. The van der Waals surface area contributed by atoms with Crippen LogP contribution >= 0.6 is 12.4 Å². The van der Waals surface area contributed by atoms with Crippen molar-refractivity contribution in [2.75, 3.05) is 18.4 Å². The van der Waals surface area contributed by atoms with Crippen molar-refractivity contribution in [3.8, 4) is 0 Å². The standard InChI is InChI=1S/C10H16N4.ClH/c1-8-4-6-12-10(13-8)14-9-3-2-5-11-7-9;/h4,6,9,11H,2-3,5,7H2,1H3,(H,12,13,14);1H. The van der Waals surface area contributed by atoms with Gasteiger partial charge in [0.2, 0.25) is 5.95 Å². The van der Waals surface area contributed by atoms with Crippen LogP contribution in [0.15, 0.2) is 12.3 Å². The summed E-state index contributed by atoms with van der Waals surface area (Å²) in [6.07, 6.45) is 4.22. The van der Waals surface area contributed by atoms with Crippen molar-refractivity contribution >= 4 is 18.4 Å². The Hall–Kier alpha value is -0.870. The molecule has 0 amide bonds. The first kappa shape index (κ1) is 12.2. The zero-order chi connectivity index (χ0) is 9.80. The van der Waals surface area contributed by atoms with Gasteiger partial charge in [0.15, 0.2) is 0 Å². The molecule has 0 bridgehead atoms. The lowest BCUT2D eigenvalue weighted by atomic mass is 10.1. The summed E-state index contributed by atoms with van der Waals surface area (Å²) in [6.45, 7) is 4.12. The number of halogens is 1. The molecule has 2 N–H and O–H groups in total. The van der Waals surface area contributed by atoms with Gasteiger partial charge in [-0.2, -0.15) is 0 Å². The van der Waals surface area contributed by atoms with E-state index in [0.29, 0.717) is 6.04 Å². The van der Waals surface area contributed by atoms with Crippen LogP contribution in [-0.2, 0) is 0 Å². The van der Waals surface area contributed by atoms with Crippen molar-refractivity contribution in [1.82, 2.24) is 15.3 Å². The highest BCUT2D eigenvalue weighted by Gasteiger charge is 2.12. The molecule has 15 heavy (non-hydrogen) atoms. The van der Waals surface area contributed by atoms with E-state index in [1.54, 1.807) is 6.20 Å². The van der Waals surface area contributed by atoms with E-state index in [1.165, 1.54) is 12.8 Å². The Morgan fingerprint density at radius 1 is 1.53 bits per heavy atom. The number of piperidine rings is 1. The van der Waals surface area contributed by atoms with Gasteiger partial charge in [0.25, 0.3) is 0 Å². The molecule has 1 saturated heterocycles. The van der Waals surface area contributed by atoms with Crippen LogP contribution < -0.4 is 10.6 Å². The van der Waals surface area contributed by atoms with Crippen molar-refractivity contribution in [3.05, 3.63) is 18.0 Å². The van der Waals surface area contributed by atoms with E-state index in [1.807, 2.05) is 13.0 Å². The minimum absolute atomic E-state index is 0. The largest absolute Gasteiger partial charge is 0.350 e. The molecule has 0 aliphatic carbocycles. The van der Waals surface area contributed by atoms with Gasteiger partial charge >= 0.3 is 0 Å². The smallest absolute Gasteiger partial charge is 0.223 e. The van der Waals surface area contributed by atoms with Gasteiger partial charge < -0.3 is 10.6 Å². The molecule has 1 aliphatic rings. The predicted octanol–water partition coefficient (Wildman–Crippen LogP) is 1.37. The summed E-state index contributed by atoms with van der Waals surface area (Å²) in [5.74, 6) is 0.749. The molecule has 1 unspecified atom stereocenters. The third kappa shape index (κ3) is 3.64. The van der Waals surface area contributed by atoms with Crippen LogP contribution in [0.5, 0.6) is 0 Å². The summed E-state index contributed by atoms with van der Waals surface area (Å²) < 4.78 is 0. The van der Waals surface area contributed by atoms with Crippen LogP contribution in [0.25, 0.3) is 0 Å². The first-order chi connectivity index (χ1) is 6.84.